The second-order valence-corrected chi connectivity index (χ2v) is 6.97. The zero-order chi connectivity index (χ0) is 13.6. The third-order valence-electron chi connectivity index (χ3n) is 4.01. The van der Waals surface area contributed by atoms with Gasteiger partial charge in [0, 0.05) is 18.7 Å². The molecule has 1 aromatic rings. The molecule has 0 radical (unpaired) electrons. The third kappa shape index (κ3) is 2.31. The van der Waals surface area contributed by atoms with E-state index in [-0.39, 0.29) is 0 Å². The van der Waals surface area contributed by atoms with Gasteiger partial charge in [-0.2, -0.15) is 5.26 Å². The molecule has 3 N–H and O–H groups in total. The first-order valence-electron chi connectivity index (χ1n) is 6.81. The predicted octanol–water partition coefficient (Wildman–Crippen LogP) is 2.43. The van der Waals surface area contributed by atoms with Crippen molar-refractivity contribution in [2.24, 2.45) is 0 Å². The lowest BCUT2D eigenvalue weighted by Gasteiger charge is -2.38. The largest absolute Gasteiger partial charge is 0.397 e. The fraction of sp³-hybridized carbons (Fsp3) is 0.643. The minimum atomic E-state index is -0.634. The van der Waals surface area contributed by atoms with Gasteiger partial charge in [-0.25, -0.2) is 0 Å². The minimum absolute atomic E-state index is 0.528. The number of nitrogen functional groups attached to an aromatic ring is 1. The fourth-order valence-corrected chi connectivity index (χ4v) is 4.05. The molecule has 1 aromatic heterocycles. The Morgan fingerprint density at radius 3 is 2.84 bits per heavy atom. The van der Waals surface area contributed by atoms with Crippen LogP contribution in [0, 0.1) is 11.3 Å². The number of hydrogen-bond acceptors (Lipinski definition) is 5. The van der Waals surface area contributed by atoms with E-state index in [1.54, 1.807) is 0 Å². The van der Waals surface area contributed by atoms with E-state index in [4.69, 9.17) is 5.73 Å². The minimum Gasteiger partial charge on any atom is -0.397 e. The van der Waals surface area contributed by atoms with Crippen molar-refractivity contribution < 1.29 is 5.11 Å². The van der Waals surface area contributed by atoms with Gasteiger partial charge >= 0.3 is 0 Å². The summed E-state index contributed by atoms with van der Waals surface area (Å²) in [6.07, 6.45) is 4.16. The van der Waals surface area contributed by atoms with Crippen molar-refractivity contribution in [1.29, 1.82) is 5.26 Å². The summed E-state index contributed by atoms with van der Waals surface area (Å²) in [7, 11) is 0. The van der Waals surface area contributed by atoms with Gasteiger partial charge in [-0.1, -0.05) is 0 Å². The van der Waals surface area contributed by atoms with E-state index in [0.29, 0.717) is 23.0 Å². The highest BCUT2D eigenvalue weighted by Gasteiger charge is 2.36. The lowest BCUT2D eigenvalue weighted by molar-refractivity contribution is 0.0451. The topological polar surface area (TPSA) is 73.3 Å². The van der Waals surface area contributed by atoms with Crippen molar-refractivity contribution in [2.75, 3.05) is 23.7 Å². The Labute approximate surface area is 117 Å². The van der Waals surface area contributed by atoms with Crippen LogP contribution in [0.1, 0.15) is 49.0 Å². The van der Waals surface area contributed by atoms with Crippen LogP contribution in [-0.2, 0) is 0 Å². The number of nitrogens with zero attached hydrogens (tertiary/aromatic N) is 2. The zero-order valence-electron chi connectivity index (χ0n) is 11.1. The number of hydrogen-bond donors (Lipinski definition) is 2. The number of anilines is 2. The van der Waals surface area contributed by atoms with Crippen LogP contribution < -0.4 is 10.6 Å². The maximum Gasteiger partial charge on any atom is 0.130 e. The monoisotopic (exact) mass is 277 g/mol. The normalized spacial score (nSPS) is 27.3. The van der Waals surface area contributed by atoms with E-state index >= 15 is 0 Å². The Balaban J connectivity index is 1.98. The van der Waals surface area contributed by atoms with E-state index in [9.17, 15) is 10.4 Å². The van der Waals surface area contributed by atoms with Gasteiger partial charge in [-0.05, 0) is 38.5 Å². The number of nitrogens with two attached hydrogens (primary N) is 1. The summed E-state index contributed by atoms with van der Waals surface area (Å²) in [5.41, 5.74) is 7.34. The van der Waals surface area contributed by atoms with E-state index in [0.717, 1.165) is 24.4 Å². The molecule has 0 spiro atoms. The summed E-state index contributed by atoms with van der Waals surface area (Å²) >= 11 is 1.49. The van der Waals surface area contributed by atoms with Crippen molar-refractivity contribution in [2.45, 2.75) is 44.1 Å². The van der Waals surface area contributed by atoms with E-state index in [1.165, 1.54) is 29.7 Å². The summed E-state index contributed by atoms with van der Waals surface area (Å²) in [4.78, 5) is 2.85. The number of aliphatic hydroxyl groups is 1. The van der Waals surface area contributed by atoms with Crippen LogP contribution in [0.15, 0.2) is 0 Å². The van der Waals surface area contributed by atoms with Gasteiger partial charge in [-0.3, -0.25) is 0 Å². The zero-order valence-corrected chi connectivity index (χ0v) is 12.0. The number of rotatable bonds is 2. The summed E-state index contributed by atoms with van der Waals surface area (Å²) in [5.74, 6) is 0.528. The van der Waals surface area contributed by atoms with E-state index < -0.39 is 5.60 Å². The highest BCUT2D eigenvalue weighted by molar-refractivity contribution is 7.17. The summed E-state index contributed by atoms with van der Waals surface area (Å²) in [5, 5.41) is 20.5. The molecule has 2 aliphatic rings. The van der Waals surface area contributed by atoms with Crippen molar-refractivity contribution in [3.05, 3.63) is 10.4 Å². The molecule has 4 nitrogen and oxygen atoms in total. The Hall–Kier alpha value is -1.25. The number of nitriles is 1. The lowest BCUT2D eigenvalue weighted by atomic mass is 9.95. The Kier molecular flexibility index (Phi) is 2.95. The van der Waals surface area contributed by atoms with Crippen LogP contribution in [0.5, 0.6) is 0 Å². The molecule has 1 unspecified atom stereocenters. The van der Waals surface area contributed by atoms with Crippen molar-refractivity contribution in [3.8, 4) is 6.07 Å². The van der Waals surface area contributed by atoms with Crippen molar-refractivity contribution in [3.63, 3.8) is 0 Å². The molecule has 1 aliphatic carbocycles. The van der Waals surface area contributed by atoms with Crippen LogP contribution >= 0.6 is 11.3 Å². The second kappa shape index (κ2) is 4.39. The van der Waals surface area contributed by atoms with Crippen LogP contribution in [-0.4, -0.2) is 23.8 Å². The highest BCUT2D eigenvalue weighted by atomic mass is 32.1. The number of thiophene rings is 1. The average Bonchev–Trinajstić information content (AvgIpc) is 3.12. The standard InChI is InChI=1S/C14H19N3OS/c1-14(18)5-2-6-17(8-14)13-11(9-3-4-9)12(16)10(7-15)19-13/h9,18H,2-6,8,16H2,1H3. The molecule has 1 aliphatic heterocycles. The summed E-state index contributed by atoms with van der Waals surface area (Å²) < 4.78 is 0. The highest BCUT2D eigenvalue weighted by Crippen LogP contribution is 2.52. The molecule has 1 saturated heterocycles. The second-order valence-electron chi connectivity index (χ2n) is 5.97. The average molecular weight is 277 g/mol. The molecule has 2 fully saturated rings. The number of β-amino-alcohol motifs (C(OH)–C–C–N with tert-alkyl or cyclic N) is 1. The van der Waals surface area contributed by atoms with E-state index in [2.05, 4.69) is 11.0 Å². The van der Waals surface area contributed by atoms with Crippen LogP contribution in [0.4, 0.5) is 10.7 Å². The molecule has 102 valence electrons. The lowest BCUT2D eigenvalue weighted by Crippen LogP contribution is -2.46. The van der Waals surface area contributed by atoms with Gasteiger partial charge in [0.15, 0.2) is 0 Å². The Bertz CT molecular complexity index is 540. The van der Waals surface area contributed by atoms with Crippen molar-refractivity contribution in [1.82, 2.24) is 0 Å². The molecule has 2 heterocycles. The molecule has 0 bridgehead atoms. The molecule has 5 heteroatoms. The van der Waals surface area contributed by atoms with Gasteiger partial charge in [0.05, 0.1) is 16.3 Å². The smallest absolute Gasteiger partial charge is 0.130 e. The molecule has 3 rings (SSSR count). The fourth-order valence-electron chi connectivity index (χ4n) is 2.92. The first-order valence-corrected chi connectivity index (χ1v) is 7.63. The van der Waals surface area contributed by atoms with Gasteiger partial charge in [0.1, 0.15) is 10.9 Å². The molecule has 0 amide bonds. The molecular weight excluding hydrogens is 258 g/mol. The molecule has 1 atom stereocenters. The summed E-state index contributed by atoms with van der Waals surface area (Å²) in [6, 6.07) is 2.20. The van der Waals surface area contributed by atoms with Crippen LogP contribution in [0.25, 0.3) is 0 Å². The number of piperidine rings is 1. The maximum atomic E-state index is 10.3. The predicted molar refractivity (Wildman–Crippen MR) is 77.5 cm³/mol. The van der Waals surface area contributed by atoms with Gasteiger partial charge in [-0.15, -0.1) is 11.3 Å². The molecule has 0 aromatic carbocycles. The Morgan fingerprint density at radius 1 is 1.53 bits per heavy atom. The SMILES string of the molecule is CC1(O)CCCN(c2sc(C#N)c(N)c2C2CC2)C1. The van der Waals surface area contributed by atoms with Gasteiger partial charge < -0.3 is 15.7 Å². The van der Waals surface area contributed by atoms with E-state index in [1.807, 2.05) is 6.92 Å². The first kappa shape index (κ1) is 12.8. The maximum absolute atomic E-state index is 10.3. The molecule has 1 saturated carbocycles. The Morgan fingerprint density at radius 2 is 2.26 bits per heavy atom. The third-order valence-corrected chi connectivity index (χ3v) is 5.20. The molecule has 19 heavy (non-hydrogen) atoms. The van der Waals surface area contributed by atoms with Crippen LogP contribution in [0.3, 0.4) is 0 Å². The quantitative estimate of drug-likeness (QED) is 0.870. The van der Waals surface area contributed by atoms with Crippen molar-refractivity contribution >= 4 is 22.0 Å². The van der Waals surface area contributed by atoms with Gasteiger partial charge in [0.25, 0.3) is 0 Å². The molecular formula is C14H19N3OS. The van der Waals surface area contributed by atoms with Crippen LogP contribution in [0.2, 0.25) is 0 Å². The van der Waals surface area contributed by atoms with Gasteiger partial charge in [0.2, 0.25) is 0 Å². The summed E-state index contributed by atoms with van der Waals surface area (Å²) in [6.45, 7) is 3.47. The first-order chi connectivity index (χ1) is 9.02.